The zero-order valence-corrected chi connectivity index (χ0v) is 9.30. The molecule has 0 bridgehead atoms. The van der Waals surface area contributed by atoms with Gasteiger partial charge in [-0.15, -0.1) is 0 Å². The fourth-order valence-electron chi connectivity index (χ4n) is 1.33. The first kappa shape index (κ1) is 10.9. The van der Waals surface area contributed by atoms with E-state index in [2.05, 4.69) is 15.0 Å². The third-order valence-electron chi connectivity index (χ3n) is 2.05. The third-order valence-corrected chi connectivity index (χ3v) is 2.34. The van der Waals surface area contributed by atoms with Crippen molar-refractivity contribution >= 4 is 25.4 Å². The van der Waals surface area contributed by atoms with E-state index in [0.717, 1.165) is 0 Å². The Morgan fingerprint density at radius 2 is 2.31 bits per heavy atom. The van der Waals surface area contributed by atoms with Gasteiger partial charge in [-0.25, -0.2) is 15.0 Å². The molecular formula is C8H10N5O2P. The van der Waals surface area contributed by atoms with Gasteiger partial charge in [-0.05, 0) is 0 Å². The van der Waals surface area contributed by atoms with Crippen LogP contribution in [-0.4, -0.2) is 32.5 Å². The van der Waals surface area contributed by atoms with Crippen molar-refractivity contribution in [2.75, 3.05) is 18.7 Å². The van der Waals surface area contributed by atoms with Crippen molar-refractivity contribution in [2.45, 2.75) is 6.54 Å². The number of nitrogens with two attached hydrogens (primary N) is 1. The SMILES string of the molecule is Nc1ncnc2c1ncn2CCOCP=O. The van der Waals surface area contributed by atoms with E-state index in [4.69, 9.17) is 10.5 Å². The van der Waals surface area contributed by atoms with Crippen LogP contribution in [0.5, 0.6) is 0 Å². The van der Waals surface area contributed by atoms with Gasteiger partial charge in [0.2, 0.25) is 0 Å². The van der Waals surface area contributed by atoms with E-state index >= 15 is 0 Å². The highest BCUT2D eigenvalue weighted by Crippen LogP contribution is 2.13. The average molecular weight is 239 g/mol. The Balaban J connectivity index is 2.13. The van der Waals surface area contributed by atoms with E-state index in [1.807, 2.05) is 4.57 Å². The molecular weight excluding hydrogens is 229 g/mol. The van der Waals surface area contributed by atoms with E-state index in [9.17, 15) is 4.57 Å². The van der Waals surface area contributed by atoms with E-state index in [1.54, 1.807) is 6.33 Å². The molecule has 0 spiro atoms. The number of hydrogen-bond acceptors (Lipinski definition) is 6. The summed E-state index contributed by atoms with van der Waals surface area (Å²) in [4.78, 5) is 12.0. The second-order valence-electron chi connectivity index (χ2n) is 3.04. The Morgan fingerprint density at radius 3 is 3.12 bits per heavy atom. The molecule has 0 aliphatic heterocycles. The van der Waals surface area contributed by atoms with Crippen molar-refractivity contribution in [3.63, 3.8) is 0 Å². The first-order valence-electron chi connectivity index (χ1n) is 4.61. The minimum absolute atomic E-state index is 0.0142. The normalized spacial score (nSPS) is 11.2. The molecule has 2 heterocycles. The van der Waals surface area contributed by atoms with Crippen LogP contribution < -0.4 is 5.73 Å². The molecule has 2 N–H and O–H groups in total. The maximum absolute atomic E-state index is 10.1. The minimum Gasteiger partial charge on any atom is -0.382 e. The van der Waals surface area contributed by atoms with Crippen LogP contribution in [0.25, 0.3) is 11.2 Å². The number of aromatic nitrogens is 4. The summed E-state index contributed by atoms with van der Waals surface area (Å²) in [6, 6.07) is 0. The van der Waals surface area contributed by atoms with Gasteiger partial charge >= 0.3 is 0 Å². The van der Waals surface area contributed by atoms with Crippen LogP contribution in [0.1, 0.15) is 0 Å². The highest BCUT2D eigenvalue weighted by molar-refractivity contribution is 7.23. The third kappa shape index (κ3) is 2.15. The Morgan fingerprint density at radius 1 is 1.44 bits per heavy atom. The van der Waals surface area contributed by atoms with Crippen molar-refractivity contribution in [1.29, 1.82) is 0 Å². The molecule has 0 saturated carbocycles. The number of fused-ring (bicyclic) bond motifs is 1. The maximum atomic E-state index is 10.1. The molecule has 0 radical (unpaired) electrons. The largest absolute Gasteiger partial charge is 0.382 e. The highest BCUT2D eigenvalue weighted by atomic mass is 31.1. The number of nitrogens with zero attached hydrogens (tertiary/aromatic N) is 4. The van der Waals surface area contributed by atoms with Crippen molar-refractivity contribution in [3.8, 4) is 0 Å². The summed E-state index contributed by atoms with van der Waals surface area (Å²) in [5.74, 6) is 0.364. The van der Waals surface area contributed by atoms with E-state index in [-0.39, 0.29) is 14.8 Å². The second-order valence-corrected chi connectivity index (χ2v) is 3.55. The fourth-order valence-corrected chi connectivity index (χ4v) is 1.53. The van der Waals surface area contributed by atoms with Crippen molar-refractivity contribution in [1.82, 2.24) is 19.5 Å². The van der Waals surface area contributed by atoms with Crippen LogP contribution in [0, 0.1) is 0 Å². The predicted octanol–water partition coefficient (Wildman–Crippen LogP) is 0.674. The number of nitrogen functional groups attached to an aromatic ring is 1. The first-order valence-corrected chi connectivity index (χ1v) is 5.61. The Hall–Kier alpha value is -1.59. The van der Waals surface area contributed by atoms with Crippen LogP contribution in [0.4, 0.5) is 5.82 Å². The molecule has 0 aliphatic rings. The molecule has 16 heavy (non-hydrogen) atoms. The lowest BCUT2D eigenvalue weighted by Crippen LogP contribution is -2.05. The quantitative estimate of drug-likeness (QED) is 0.608. The summed E-state index contributed by atoms with van der Waals surface area (Å²) >= 11 is 0. The van der Waals surface area contributed by atoms with E-state index < -0.39 is 0 Å². The summed E-state index contributed by atoms with van der Waals surface area (Å²) in [6.45, 7) is 1.03. The molecule has 0 unspecified atom stereocenters. The number of imidazole rings is 1. The van der Waals surface area contributed by atoms with Gasteiger partial charge in [-0.3, -0.25) is 4.57 Å². The number of ether oxygens (including phenoxy) is 1. The molecule has 0 atom stereocenters. The molecule has 2 aromatic rings. The molecule has 84 valence electrons. The zero-order chi connectivity index (χ0) is 11.4. The molecule has 8 heteroatoms. The van der Waals surface area contributed by atoms with Gasteiger partial charge in [0.25, 0.3) is 0 Å². The van der Waals surface area contributed by atoms with E-state index in [1.165, 1.54) is 6.33 Å². The van der Waals surface area contributed by atoms with Gasteiger partial charge in [-0.1, -0.05) is 0 Å². The van der Waals surface area contributed by atoms with Gasteiger partial charge in [0.05, 0.1) is 12.9 Å². The van der Waals surface area contributed by atoms with Crippen LogP contribution in [0.15, 0.2) is 12.7 Å². The molecule has 0 fully saturated rings. The first-order chi connectivity index (χ1) is 7.83. The van der Waals surface area contributed by atoms with Gasteiger partial charge in [-0.2, -0.15) is 0 Å². The van der Waals surface area contributed by atoms with Crippen LogP contribution in [0.3, 0.4) is 0 Å². The molecule has 0 aromatic carbocycles. The van der Waals surface area contributed by atoms with Crippen LogP contribution >= 0.6 is 8.46 Å². The molecule has 0 saturated heterocycles. The van der Waals surface area contributed by atoms with Crippen LogP contribution in [-0.2, 0) is 15.8 Å². The lowest BCUT2D eigenvalue weighted by molar-refractivity contribution is 0.170. The monoisotopic (exact) mass is 239 g/mol. The zero-order valence-electron chi connectivity index (χ0n) is 8.41. The lowest BCUT2D eigenvalue weighted by atomic mass is 10.5. The molecule has 2 rings (SSSR count). The summed E-state index contributed by atoms with van der Waals surface area (Å²) < 4.78 is 17.0. The van der Waals surface area contributed by atoms with Crippen LogP contribution in [0.2, 0.25) is 0 Å². The Labute approximate surface area is 92.9 Å². The summed E-state index contributed by atoms with van der Waals surface area (Å²) in [6.07, 6.45) is 3.23. The minimum atomic E-state index is -0.0142. The van der Waals surface area contributed by atoms with Crippen molar-refractivity contribution < 1.29 is 9.30 Å². The molecule has 0 aliphatic carbocycles. The summed E-state index contributed by atoms with van der Waals surface area (Å²) in [5.41, 5.74) is 6.91. The topological polar surface area (TPSA) is 95.9 Å². The average Bonchev–Trinajstić information content (AvgIpc) is 2.70. The standard InChI is InChI=1S/C8H10N5O2P/c9-7-6-8(11-3-10-7)13(4-12-6)1-2-15-5-16-14/h3-4H,1-2,5H2,(H2,9,10,11). The highest BCUT2D eigenvalue weighted by Gasteiger charge is 2.06. The number of anilines is 1. The summed E-state index contributed by atoms with van der Waals surface area (Å²) in [5, 5.41) is 0. The van der Waals surface area contributed by atoms with Gasteiger partial charge in [0, 0.05) is 6.54 Å². The summed E-state index contributed by atoms with van der Waals surface area (Å²) in [7, 11) is -0.0142. The lowest BCUT2D eigenvalue weighted by Gasteiger charge is -2.02. The van der Waals surface area contributed by atoms with E-state index in [0.29, 0.717) is 30.1 Å². The molecule has 2 aromatic heterocycles. The molecule has 7 nitrogen and oxygen atoms in total. The number of rotatable bonds is 5. The predicted molar refractivity (Wildman–Crippen MR) is 58.2 cm³/mol. The number of hydrogen-bond donors (Lipinski definition) is 1. The van der Waals surface area contributed by atoms with Crippen molar-refractivity contribution in [3.05, 3.63) is 12.7 Å². The smallest absolute Gasteiger partial charge is 0.183 e. The molecule has 0 amide bonds. The Bertz CT molecular complexity index is 500. The van der Waals surface area contributed by atoms with Gasteiger partial charge < -0.3 is 15.0 Å². The van der Waals surface area contributed by atoms with Gasteiger partial charge in [0.15, 0.2) is 19.9 Å². The second kappa shape index (κ2) is 4.96. The fraction of sp³-hybridized carbons (Fsp3) is 0.375. The maximum Gasteiger partial charge on any atom is 0.183 e. The van der Waals surface area contributed by atoms with Gasteiger partial charge in [0.1, 0.15) is 18.2 Å². The van der Waals surface area contributed by atoms with Crippen molar-refractivity contribution in [2.24, 2.45) is 0 Å². The Kier molecular flexibility index (Phi) is 3.38.